The van der Waals surface area contributed by atoms with Gasteiger partial charge in [0.1, 0.15) is 11.5 Å². The van der Waals surface area contributed by atoms with E-state index in [0.29, 0.717) is 36.2 Å². The molecule has 26 heavy (non-hydrogen) atoms. The molecule has 2 heterocycles. The van der Waals surface area contributed by atoms with Gasteiger partial charge < -0.3 is 14.6 Å². The minimum Gasteiger partial charge on any atom is -0.461 e. The number of hydrogen-bond donors (Lipinski definition) is 1. The second-order valence-electron chi connectivity index (χ2n) is 7.05. The smallest absolute Gasteiger partial charge is 0.248 e. The third-order valence-electron chi connectivity index (χ3n) is 5.05. The Morgan fingerprint density at radius 1 is 1.27 bits per heavy atom. The molecular weight excluding hydrogens is 328 g/mol. The molecule has 0 spiro atoms. The predicted molar refractivity (Wildman–Crippen MR) is 101 cm³/mol. The molecule has 1 aliphatic carbocycles. The van der Waals surface area contributed by atoms with Crippen molar-refractivity contribution in [3.63, 3.8) is 0 Å². The van der Waals surface area contributed by atoms with E-state index in [9.17, 15) is 9.59 Å². The zero-order chi connectivity index (χ0) is 18.1. The van der Waals surface area contributed by atoms with Crippen LogP contribution in [0.25, 0.3) is 6.08 Å². The molecule has 1 aromatic carbocycles. The highest BCUT2D eigenvalue weighted by Gasteiger charge is 2.36. The minimum absolute atomic E-state index is 0.0969. The number of benzene rings is 1. The molecule has 0 radical (unpaired) electrons. The summed E-state index contributed by atoms with van der Waals surface area (Å²) in [6.45, 7) is 2.90. The van der Waals surface area contributed by atoms with E-state index in [0.717, 1.165) is 17.9 Å². The summed E-state index contributed by atoms with van der Waals surface area (Å²) in [5, 5.41) is 2.87. The molecule has 2 atom stereocenters. The second-order valence-corrected chi connectivity index (χ2v) is 7.05. The van der Waals surface area contributed by atoms with Gasteiger partial charge in [-0.05, 0) is 49.1 Å². The molecule has 4 rings (SSSR count). The zero-order valence-corrected chi connectivity index (χ0v) is 14.8. The van der Waals surface area contributed by atoms with Crippen LogP contribution >= 0.6 is 0 Å². The van der Waals surface area contributed by atoms with E-state index in [-0.39, 0.29) is 11.8 Å². The Hall–Kier alpha value is -2.82. The lowest BCUT2D eigenvalue weighted by Gasteiger charge is -2.19. The number of hydrogen-bond acceptors (Lipinski definition) is 3. The lowest BCUT2D eigenvalue weighted by Crippen LogP contribution is -2.25. The van der Waals surface area contributed by atoms with E-state index in [1.54, 1.807) is 11.0 Å². The maximum absolute atomic E-state index is 12.3. The van der Waals surface area contributed by atoms with Crippen molar-refractivity contribution in [1.29, 1.82) is 0 Å². The van der Waals surface area contributed by atoms with E-state index in [1.165, 1.54) is 12.5 Å². The Labute approximate surface area is 152 Å². The summed E-state index contributed by atoms with van der Waals surface area (Å²) >= 11 is 0. The molecule has 1 saturated heterocycles. The van der Waals surface area contributed by atoms with E-state index < -0.39 is 0 Å². The van der Waals surface area contributed by atoms with Gasteiger partial charge in [-0.1, -0.05) is 19.1 Å². The molecule has 1 aliphatic heterocycles. The maximum atomic E-state index is 12.3. The molecule has 134 valence electrons. The van der Waals surface area contributed by atoms with E-state index in [2.05, 4.69) is 12.2 Å². The first-order valence-corrected chi connectivity index (χ1v) is 9.10. The SMILES string of the molecule is C[C@@H]1C[C@H]1c1ccc(/C=C/C(=O)Nc2ccccc2N2CCCC2=O)o1. The summed E-state index contributed by atoms with van der Waals surface area (Å²) in [6, 6.07) is 11.3. The maximum Gasteiger partial charge on any atom is 0.248 e. The summed E-state index contributed by atoms with van der Waals surface area (Å²) in [7, 11) is 0. The molecule has 5 nitrogen and oxygen atoms in total. The first-order chi connectivity index (χ1) is 12.6. The van der Waals surface area contributed by atoms with Crippen molar-refractivity contribution in [2.45, 2.75) is 32.1 Å². The predicted octanol–water partition coefficient (Wildman–Crippen LogP) is 4.18. The number of nitrogens with zero attached hydrogens (tertiary/aromatic N) is 1. The Kier molecular flexibility index (Phi) is 4.37. The van der Waals surface area contributed by atoms with Gasteiger partial charge in [0.2, 0.25) is 11.8 Å². The number of furan rings is 1. The van der Waals surface area contributed by atoms with Crippen molar-refractivity contribution >= 4 is 29.3 Å². The summed E-state index contributed by atoms with van der Waals surface area (Å²) < 4.78 is 5.78. The Balaban J connectivity index is 1.43. The average Bonchev–Trinajstić information content (AvgIpc) is 3.01. The fourth-order valence-electron chi connectivity index (χ4n) is 3.43. The normalized spacial score (nSPS) is 22.2. The van der Waals surface area contributed by atoms with Gasteiger partial charge in [-0.25, -0.2) is 0 Å². The molecule has 2 amide bonds. The molecule has 5 heteroatoms. The van der Waals surface area contributed by atoms with Crippen molar-refractivity contribution in [2.24, 2.45) is 5.92 Å². The van der Waals surface area contributed by atoms with Gasteiger partial charge in [0.25, 0.3) is 0 Å². The topological polar surface area (TPSA) is 62.6 Å². The van der Waals surface area contributed by atoms with Crippen molar-refractivity contribution in [3.05, 3.63) is 54.0 Å². The lowest BCUT2D eigenvalue weighted by atomic mass is 10.2. The number of carbonyl (C=O) groups is 2. The second kappa shape index (κ2) is 6.83. The van der Waals surface area contributed by atoms with Crippen LogP contribution in [0.4, 0.5) is 11.4 Å². The molecule has 2 fully saturated rings. The minimum atomic E-state index is -0.248. The monoisotopic (exact) mass is 350 g/mol. The van der Waals surface area contributed by atoms with Crippen molar-refractivity contribution in [1.82, 2.24) is 0 Å². The van der Waals surface area contributed by atoms with Crippen molar-refractivity contribution in [3.8, 4) is 0 Å². The molecule has 1 N–H and O–H groups in total. The summed E-state index contributed by atoms with van der Waals surface area (Å²) in [6.07, 6.45) is 5.71. The summed E-state index contributed by atoms with van der Waals surface area (Å²) in [5.41, 5.74) is 1.39. The quantitative estimate of drug-likeness (QED) is 0.823. The fourth-order valence-corrected chi connectivity index (χ4v) is 3.43. The van der Waals surface area contributed by atoms with Crippen LogP contribution in [0.2, 0.25) is 0 Å². The highest BCUT2D eigenvalue weighted by Crippen LogP contribution is 2.47. The molecule has 1 saturated carbocycles. The van der Waals surface area contributed by atoms with Crippen LogP contribution in [0.5, 0.6) is 0 Å². The number of para-hydroxylation sites is 2. The summed E-state index contributed by atoms with van der Waals surface area (Å²) in [4.78, 5) is 26.0. The third-order valence-corrected chi connectivity index (χ3v) is 5.05. The van der Waals surface area contributed by atoms with Crippen LogP contribution in [0.15, 0.2) is 46.9 Å². The van der Waals surface area contributed by atoms with Crippen molar-refractivity contribution < 1.29 is 14.0 Å². The summed E-state index contributed by atoms with van der Waals surface area (Å²) in [5.74, 6) is 2.73. The van der Waals surface area contributed by atoms with Gasteiger partial charge in [0.05, 0.1) is 11.4 Å². The number of rotatable bonds is 5. The Morgan fingerprint density at radius 3 is 2.81 bits per heavy atom. The number of anilines is 2. The van der Waals surface area contributed by atoms with E-state index in [1.807, 2.05) is 36.4 Å². The van der Waals surface area contributed by atoms with Gasteiger partial charge in [0.15, 0.2) is 0 Å². The number of amides is 2. The van der Waals surface area contributed by atoms with Crippen molar-refractivity contribution in [2.75, 3.05) is 16.8 Å². The van der Waals surface area contributed by atoms with E-state index in [4.69, 9.17) is 4.42 Å². The first-order valence-electron chi connectivity index (χ1n) is 9.10. The molecule has 2 aliphatic rings. The van der Waals surface area contributed by atoms with Gasteiger partial charge in [-0.2, -0.15) is 0 Å². The Bertz CT molecular complexity index is 868. The van der Waals surface area contributed by atoms with Crippen LogP contribution in [-0.4, -0.2) is 18.4 Å². The van der Waals surface area contributed by atoms with Crippen LogP contribution in [0.3, 0.4) is 0 Å². The van der Waals surface area contributed by atoms with Gasteiger partial charge in [-0.3, -0.25) is 9.59 Å². The van der Waals surface area contributed by atoms with Crippen LogP contribution < -0.4 is 10.2 Å². The van der Waals surface area contributed by atoms with Gasteiger partial charge in [0, 0.05) is 25.0 Å². The standard InChI is InChI=1S/C21H22N2O3/c1-14-13-16(14)19-10-8-15(26-19)9-11-20(24)22-17-5-2-3-6-18(17)23-12-4-7-21(23)25/h2-3,5-6,8-11,14,16H,4,7,12-13H2,1H3,(H,22,24)/b11-9+/t14-,16-/m1/s1. The molecule has 0 bridgehead atoms. The van der Waals surface area contributed by atoms with Crippen LogP contribution in [-0.2, 0) is 9.59 Å². The highest BCUT2D eigenvalue weighted by molar-refractivity contribution is 6.06. The third kappa shape index (κ3) is 3.43. The van der Waals surface area contributed by atoms with Gasteiger partial charge >= 0.3 is 0 Å². The van der Waals surface area contributed by atoms with Crippen LogP contribution in [0.1, 0.15) is 43.6 Å². The zero-order valence-electron chi connectivity index (χ0n) is 14.8. The average molecular weight is 350 g/mol. The molecule has 2 aromatic rings. The fraction of sp³-hybridized carbons (Fsp3) is 0.333. The molecular formula is C21H22N2O3. The molecule has 1 aromatic heterocycles. The lowest BCUT2D eigenvalue weighted by molar-refractivity contribution is -0.117. The van der Waals surface area contributed by atoms with E-state index >= 15 is 0 Å². The van der Waals surface area contributed by atoms with Crippen LogP contribution in [0, 0.1) is 5.92 Å². The largest absolute Gasteiger partial charge is 0.461 e. The number of carbonyl (C=O) groups excluding carboxylic acids is 2. The van der Waals surface area contributed by atoms with Gasteiger partial charge in [-0.15, -0.1) is 0 Å². The number of nitrogens with one attached hydrogen (secondary N) is 1. The first kappa shape index (κ1) is 16.6. The Morgan fingerprint density at radius 2 is 2.08 bits per heavy atom. The molecule has 0 unspecified atom stereocenters. The highest BCUT2D eigenvalue weighted by atomic mass is 16.3.